The molecule has 0 spiro atoms. The molecule has 8 heteroatoms. The van der Waals surface area contributed by atoms with E-state index in [4.69, 9.17) is 18.6 Å². The van der Waals surface area contributed by atoms with Gasteiger partial charge in [0.2, 0.25) is 0 Å². The number of fused-ring (bicyclic) bond motifs is 1. The van der Waals surface area contributed by atoms with Crippen LogP contribution in [0, 0.1) is 0 Å². The highest BCUT2D eigenvalue weighted by Crippen LogP contribution is 2.34. The van der Waals surface area contributed by atoms with Gasteiger partial charge in [0.1, 0.15) is 11.3 Å². The lowest BCUT2D eigenvalue weighted by molar-refractivity contribution is 0.0929. The molecule has 0 aliphatic carbocycles. The van der Waals surface area contributed by atoms with Gasteiger partial charge in [0.25, 0.3) is 0 Å². The van der Waals surface area contributed by atoms with Crippen LogP contribution in [0.5, 0.6) is 17.2 Å². The van der Waals surface area contributed by atoms with Crippen molar-refractivity contribution in [3.05, 3.63) is 52.2 Å². The highest BCUT2D eigenvalue weighted by Gasteiger charge is 2.14. The Hall–Kier alpha value is -3.00. The first-order chi connectivity index (χ1) is 15.4. The Morgan fingerprint density at radius 3 is 2.62 bits per heavy atom. The smallest absolute Gasteiger partial charge is 0.307 e. The summed E-state index contributed by atoms with van der Waals surface area (Å²) in [6.45, 7) is 8.96. The van der Waals surface area contributed by atoms with E-state index >= 15 is 0 Å². The fourth-order valence-electron chi connectivity index (χ4n) is 2.92. The SMILES string of the molecule is CCOc1ccc2oc(C(=O)N/N=C/c3cc(OCC)c(O[C@@H](C)CC)cc3Br)cc2c1. The molecule has 0 bridgehead atoms. The maximum atomic E-state index is 12.5. The first-order valence-corrected chi connectivity index (χ1v) is 11.4. The van der Waals surface area contributed by atoms with Crippen molar-refractivity contribution >= 4 is 39.0 Å². The zero-order valence-corrected chi connectivity index (χ0v) is 20.2. The van der Waals surface area contributed by atoms with E-state index in [1.165, 1.54) is 6.21 Å². The van der Waals surface area contributed by atoms with Crippen molar-refractivity contribution in [2.45, 2.75) is 40.2 Å². The molecular formula is C24H27BrN2O5. The summed E-state index contributed by atoms with van der Waals surface area (Å²) in [5, 5.41) is 4.85. The number of nitrogens with zero attached hydrogens (tertiary/aromatic N) is 1. The Morgan fingerprint density at radius 1 is 1.12 bits per heavy atom. The van der Waals surface area contributed by atoms with E-state index in [2.05, 4.69) is 33.4 Å². The second-order valence-corrected chi connectivity index (χ2v) is 7.89. The highest BCUT2D eigenvalue weighted by molar-refractivity contribution is 9.10. The van der Waals surface area contributed by atoms with E-state index in [0.29, 0.717) is 30.3 Å². The molecule has 0 saturated carbocycles. The summed E-state index contributed by atoms with van der Waals surface area (Å²) < 4.78 is 23.5. The second kappa shape index (κ2) is 11.0. The highest BCUT2D eigenvalue weighted by atomic mass is 79.9. The first kappa shape index (κ1) is 23.7. The number of nitrogens with one attached hydrogen (secondary N) is 1. The van der Waals surface area contributed by atoms with Crippen molar-refractivity contribution in [3.63, 3.8) is 0 Å². The predicted molar refractivity (Wildman–Crippen MR) is 128 cm³/mol. The largest absolute Gasteiger partial charge is 0.494 e. The van der Waals surface area contributed by atoms with Crippen molar-refractivity contribution < 1.29 is 23.4 Å². The van der Waals surface area contributed by atoms with Gasteiger partial charge in [-0.25, -0.2) is 5.43 Å². The van der Waals surface area contributed by atoms with Gasteiger partial charge in [-0.1, -0.05) is 6.92 Å². The quantitative estimate of drug-likeness (QED) is 0.274. The molecular weight excluding hydrogens is 476 g/mol. The Labute approximate surface area is 195 Å². The van der Waals surface area contributed by atoms with E-state index in [0.717, 1.165) is 27.6 Å². The van der Waals surface area contributed by atoms with E-state index in [9.17, 15) is 4.79 Å². The lowest BCUT2D eigenvalue weighted by Gasteiger charge is -2.17. The summed E-state index contributed by atoms with van der Waals surface area (Å²) in [5.74, 6) is 1.71. The van der Waals surface area contributed by atoms with Crippen LogP contribution < -0.4 is 19.6 Å². The number of halogens is 1. The van der Waals surface area contributed by atoms with Crippen LogP contribution in [0.2, 0.25) is 0 Å². The van der Waals surface area contributed by atoms with Crippen LogP contribution >= 0.6 is 15.9 Å². The Bertz CT molecular complexity index is 1110. The monoisotopic (exact) mass is 502 g/mol. The molecule has 7 nitrogen and oxygen atoms in total. The molecule has 0 unspecified atom stereocenters. The summed E-state index contributed by atoms with van der Waals surface area (Å²) in [7, 11) is 0. The predicted octanol–water partition coefficient (Wildman–Crippen LogP) is 5.93. The van der Waals surface area contributed by atoms with Gasteiger partial charge in [0, 0.05) is 15.4 Å². The number of rotatable bonds is 10. The van der Waals surface area contributed by atoms with Gasteiger partial charge in [0.15, 0.2) is 17.3 Å². The molecule has 3 aromatic rings. The molecule has 0 aliphatic rings. The number of furan rings is 1. The summed E-state index contributed by atoms with van der Waals surface area (Å²) in [6, 6.07) is 10.7. The molecule has 0 fully saturated rings. The molecule has 170 valence electrons. The van der Waals surface area contributed by atoms with Crippen LogP contribution in [-0.2, 0) is 0 Å². The lowest BCUT2D eigenvalue weighted by Crippen LogP contribution is -2.16. The first-order valence-electron chi connectivity index (χ1n) is 10.6. The van der Waals surface area contributed by atoms with Crippen molar-refractivity contribution in [2.75, 3.05) is 13.2 Å². The van der Waals surface area contributed by atoms with Crippen LogP contribution in [0.1, 0.15) is 50.2 Å². The molecule has 0 saturated heterocycles. The van der Waals surface area contributed by atoms with Gasteiger partial charge in [-0.05, 0) is 79.5 Å². The standard InChI is InChI=1S/C24H27BrN2O5/c1-5-15(4)31-22-13-19(25)17(12-21(22)30-7-3)14-26-27-24(28)23-11-16-10-18(29-6-2)8-9-20(16)32-23/h8-15H,5-7H2,1-4H3,(H,27,28)/b26-14+/t15-/m0/s1. The number of hydrogen-bond donors (Lipinski definition) is 1. The minimum atomic E-state index is -0.451. The maximum Gasteiger partial charge on any atom is 0.307 e. The number of benzene rings is 2. The number of carbonyl (C=O) groups is 1. The average Bonchev–Trinajstić information content (AvgIpc) is 3.20. The van der Waals surface area contributed by atoms with Crippen LogP contribution in [0.4, 0.5) is 0 Å². The number of carbonyl (C=O) groups excluding carboxylic acids is 1. The van der Waals surface area contributed by atoms with E-state index < -0.39 is 5.91 Å². The summed E-state index contributed by atoms with van der Waals surface area (Å²) in [5.41, 5.74) is 3.83. The van der Waals surface area contributed by atoms with Gasteiger partial charge in [-0.15, -0.1) is 0 Å². The average molecular weight is 503 g/mol. The minimum Gasteiger partial charge on any atom is -0.494 e. The van der Waals surface area contributed by atoms with Gasteiger partial charge in [0.05, 0.1) is 25.5 Å². The molecule has 32 heavy (non-hydrogen) atoms. The van der Waals surface area contributed by atoms with Crippen molar-refractivity contribution in [2.24, 2.45) is 5.10 Å². The molecule has 0 aliphatic heterocycles. The lowest BCUT2D eigenvalue weighted by atomic mass is 10.2. The van der Waals surface area contributed by atoms with Crippen molar-refractivity contribution in [3.8, 4) is 17.2 Å². The summed E-state index contributed by atoms with van der Waals surface area (Å²) in [6.07, 6.45) is 2.48. The van der Waals surface area contributed by atoms with Gasteiger partial charge in [-0.2, -0.15) is 5.10 Å². The van der Waals surface area contributed by atoms with Gasteiger partial charge < -0.3 is 18.6 Å². The number of hydrogen-bond acceptors (Lipinski definition) is 6. The zero-order chi connectivity index (χ0) is 23.1. The minimum absolute atomic E-state index is 0.0633. The van der Waals surface area contributed by atoms with E-state index in [1.54, 1.807) is 18.2 Å². The fraction of sp³-hybridized carbons (Fsp3) is 0.333. The third-order valence-corrected chi connectivity index (χ3v) is 5.34. The Balaban J connectivity index is 1.73. The molecule has 1 amide bonds. The van der Waals surface area contributed by atoms with Gasteiger partial charge >= 0.3 is 5.91 Å². The van der Waals surface area contributed by atoms with Crippen LogP contribution in [0.15, 0.2) is 50.4 Å². The number of hydrazone groups is 1. The molecule has 1 N–H and O–H groups in total. The van der Waals surface area contributed by atoms with E-state index in [1.807, 2.05) is 39.0 Å². The molecule has 3 rings (SSSR count). The molecule has 1 atom stereocenters. The molecule has 0 radical (unpaired) electrons. The van der Waals surface area contributed by atoms with E-state index in [-0.39, 0.29) is 11.9 Å². The van der Waals surface area contributed by atoms with Crippen LogP contribution in [0.3, 0.4) is 0 Å². The van der Waals surface area contributed by atoms with Gasteiger partial charge in [-0.3, -0.25) is 4.79 Å². The third-order valence-electron chi connectivity index (χ3n) is 4.66. The number of amides is 1. The molecule has 1 heterocycles. The summed E-state index contributed by atoms with van der Waals surface area (Å²) >= 11 is 3.53. The maximum absolute atomic E-state index is 12.5. The zero-order valence-electron chi connectivity index (χ0n) is 18.6. The van der Waals surface area contributed by atoms with Crippen LogP contribution in [0.25, 0.3) is 11.0 Å². The van der Waals surface area contributed by atoms with Crippen molar-refractivity contribution in [1.82, 2.24) is 5.43 Å². The normalized spacial score (nSPS) is 12.2. The second-order valence-electron chi connectivity index (χ2n) is 7.03. The topological polar surface area (TPSA) is 82.3 Å². The number of ether oxygens (including phenoxy) is 3. The fourth-order valence-corrected chi connectivity index (χ4v) is 3.34. The third kappa shape index (κ3) is 5.82. The Kier molecular flexibility index (Phi) is 8.16. The molecule has 1 aromatic heterocycles. The van der Waals surface area contributed by atoms with Crippen molar-refractivity contribution in [1.29, 1.82) is 0 Å². The van der Waals surface area contributed by atoms with Crippen LogP contribution in [-0.4, -0.2) is 31.4 Å². The summed E-state index contributed by atoms with van der Waals surface area (Å²) in [4.78, 5) is 12.5. The Morgan fingerprint density at radius 2 is 1.91 bits per heavy atom. The molecule has 2 aromatic carbocycles.